The van der Waals surface area contributed by atoms with Crippen molar-refractivity contribution >= 4 is 23.3 Å². The second kappa shape index (κ2) is 6.21. The first kappa shape index (κ1) is 16.4. The Balaban J connectivity index is 2.67. The highest BCUT2D eigenvalue weighted by molar-refractivity contribution is 7.09. The summed E-state index contributed by atoms with van der Waals surface area (Å²) in [5, 5.41) is 14.6. The number of nitrogens with zero attached hydrogens (tertiary/aromatic N) is 2. The molecule has 1 rings (SSSR count). The molecule has 1 atom stereocenters. The zero-order chi connectivity index (χ0) is 15.5. The molecule has 0 aliphatic rings. The van der Waals surface area contributed by atoms with Gasteiger partial charge in [-0.25, -0.2) is 14.6 Å². The van der Waals surface area contributed by atoms with Gasteiger partial charge in [0.05, 0.1) is 17.2 Å². The number of urea groups is 1. The minimum atomic E-state index is -1.04. The van der Waals surface area contributed by atoms with Gasteiger partial charge >= 0.3 is 12.0 Å². The predicted octanol–water partition coefficient (Wildman–Crippen LogP) is 2.09. The molecule has 6 nitrogen and oxygen atoms in total. The standard InChI is InChI=1S/C13H21N3O3S/c1-8-14-9(7-20-8)6-16(5)12(19)15-10(11(17)18)13(2,3)4/h7,10H,6H2,1-5H3,(H,15,19)(H,17,18)/t10-/m0/s1. The van der Waals surface area contributed by atoms with Gasteiger partial charge in [0.25, 0.3) is 0 Å². The number of carbonyl (C=O) groups excluding carboxylic acids is 1. The Bertz CT molecular complexity index is 493. The fourth-order valence-electron chi connectivity index (χ4n) is 1.68. The summed E-state index contributed by atoms with van der Waals surface area (Å²) in [6, 6.07) is -1.35. The zero-order valence-electron chi connectivity index (χ0n) is 12.4. The van der Waals surface area contributed by atoms with E-state index in [9.17, 15) is 14.7 Å². The molecule has 7 heteroatoms. The van der Waals surface area contributed by atoms with Crippen LogP contribution >= 0.6 is 11.3 Å². The number of carboxylic acid groups (broad SMARTS) is 1. The van der Waals surface area contributed by atoms with Gasteiger partial charge in [-0.2, -0.15) is 0 Å². The second-order valence-electron chi connectivity index (χ2n) is 5.80. The summed E-state index contributed by atoms with van der Waals surface area (Å²) in [5.74, 6) is -1.04. The first-order valence-corrected chi connectivity index (χ1v) is 7.14. The van der Waals surface area contributed by atoms with E-state index < -0.39 is 23.5 Å². The van der Waals surface area contributed by atoms with E-state index in [0.717, 1.165) is 10.7 Å². The quantitative estimate of drug-likeness (QED) is 0.892. The van der Waals surface area contributed by atoms with Gasteiger partial charge < -0.3 is 15.3 Å². The maximum Gasteiger partial charge on any atom is 0.326 e. The molecule has 2 amide bonds. The lowest BCUT2D eigenvalue weighted by Crippen LogP contribution is -2.52. The van der Waals surface area contributed by atoms with Crippen molar-refractivity contribution in [1.29, 1.82) is 0 Å². The van der Waals surface area contributed by atoms with E-state index in [2.05, 4.69) is 10.3 Å². The average Bonchev–Trinajstić information content (AvgIpc) is 2.69. The Kier molecular flexibility index (Phi) is 5.10. The molecule has 1 aromatic heterocycles. The lowest BCUT2D eigenvalue weighted by atomic mass is 9.87. The van der Waals surface area contributed by atoms with Crippen LogP contribution in [0.3, 0.4) is 0 Å². The van der Waals surface area contributed by atoms with Crippen molar-refractivity contribution in [3.05, 3.63) is 16.1 Å². The fourth-order valence-corrected chi connectivity index (χ4v) is 2.28. The third-order valence-electron chi connectivity index (χ3n) is 2.79. The van der Waals surface area contributed by atoms with Gasteiger partial charge in [0.2, 0.25) is 0 Å². The normalized spacial score (nSPS) is 12.8. The van der Waals surface area contributed by atoms with Crippen molar-refractivity contribution in [3.8, 4) is 0 Å². The van der Waals surface area contributed by atoms with Crippen molar-refractivity contribution in [2.24, 2.45) is 5.41 Å². The SMILES string of the molecule is Cc1nc(CN(C)C(=O)N[C@@H](C(=O)O)C(C)(C)C)cs1. The molecule has 0 saturated heterocycles. The van der Waals surface area contributed by atoms with E-state index >= 15 is 0 Å². The molecule has 112 valence electrons. The summed E-state index contributed by atoms with van der Waals surface area (Å²) in [6.07, 6.45) is 0. The molecule has 1 aromatic rings. The highest BCUT2D eigenvalue weighted by atomic mass is 32.1. The molecule has 0 fully saturated rings. The van der Waals surface area contributed by atoms with E-state index in [0.29, 0.717) is 6.54 Å². The number of hydrogen-bond acceptors (Lipinski definition) is 4. The summed E-state index contributed by atoms with van der Waals surface area (Å²) in [5.41, 5.74) is 0.243. The fraction of sp³-hybridized carbons (Fsp3) is 0.615. The molecule has 1 heterocycles. The van der Waals surface area contributed by atoms with Crippen LogP contribution in [0.15, 0.2) is 5.38 Å². The molecular formula is C13H21N3O3S. The molecule has 0 radical (unpaired) electrons. The molecule has 0 aliphatic carbocycles. The molecular weight excluding hydrogens is 278 g/mol. The summed E-state index contributed by atoms with van der Waals surface area (Å²) >= 11 is 1.52. The van der Waals surface area contributed by atoms with E-state index in [1.165, 1.54) is 16.2 Å². The third-order valence-corrected chi connectivity index (χ3v) is 3.62. The lowest BCUT2D eigenvalue weighted by Gasteiger charge is -2.29. The number of amides is 2. The Morgan fingerprint density at radius 2 is 2.10 bits per heavy atom. The van der Waals surface area contributed by atoms with Gasteiger partial charge in [-0.3, -0.25) is 0 Å². The number of nitrogens with one attached hydrogen (secondary N) is 1. The van der Waals surface area contributed by atoms with Crippen LogP contribution in [0.5, 0.6) is 0 Å². The topological polar surface area (TPSA) is 82.5 Å². The second-order valence-corrected chi connectivity index (χ2v) is 6.86. The van der Waals surface area contributed by atoms with Gasteiger partial charge in [-0.05, 0) is 12.3 Å². The molecule has 0 bridgehead atoms. The molecule has 2 N–H and O–H groups in total. The van der Waals surface area contributed by atoms with Crippen LogP contribution in [0.2, 0.25) is 0 Å². The van der Waals surface area contributed by atoms with Crippen molar-refractivity contribution < 1.29 is 14.7 Å². The Morgan fingerprint density at radius 3 is 2.50 bits per heavy atom. The number of carboxylic acids is 1. The average molecular weight is 299 g/mol. The van der Waals surface area contributed by atoms with Crippen molar-refractivity contribution in [1.82, 2.24) is 15.2 Å². The maximum atomic E-state index is 12.0. The largest absolute Gasteiger partial charge is 0.480 e. The highest BCUT2D eigenvalue weighted by Gasteiger charge is 2.33. The van der Waals surface area contributed by atoms with Gasteiger partial charge in [0.1, 0.15) is 6.04 Å². The first-order valence-electron chi connectivity index (χ1n) is 6.26. The van der Waals surface area contributed by atoms with Crippen LogP contribution in [-0.4, -0.2) is 40.1 Å². The lowest BCUT2D eigenvalue weighted by molar-refractivity contribution is -0.142. The smallest absolute Gasteiger partial charge is 0.326 e. The summed E-state index contributed by atoms with van der Waals surface area (Å²) in [6.45, 7) is 7.57. The Hall–Kier alpha value is -1.63. The number of aryl methyl sites for hydroxylation is 1. The van der Waals surface area contributed by atoms with Crippen molar-refractivity contribution in [3.63, 3.8) is 0 Å². The maximum absolute atomic E-state index is 12.0. The van der Waals surface area contributed by atoms with Crippen molar-refractivity contribution in [2.45, 2.75) is 40.3 Å². The summed E-state index contributed by atoms with van der Waals surface area (Å²) < 4.78 is 0. The highest BCUT2D eigenvalue weighted by Crippen LogP contribution is 2.19. The minimum absolute atomic E-state index is 0.354. The van der Waals surface area contributed by atoms with Gasteiger partial charge in [0, 0.05) is 12.4 Å². The van der Waals surface area contributed by atoms with Gasteiger partial charge in [-0.15, -0.1) is 11.3 Å². The van der Waals surface area contributed by atoms with E-state index in [1.54, 1.807) is 27.8 Å². The number of rotatable bonds is 4. The zero-order valence-corrected chi connectivity index (χ0v) is 13.2. The van der Waals surface area contributed by atoms with Gasteiger partial charge in [-0.1, -0.05) is 20.8 Å². The monoisotopic (exact) mass is 299 g/mol. The molecule has 20 heavy (non-hydrogen) atoms. The van der Waals surface area contributed by atoms with Crippen molar-refractivity contribution in [2.75, 3.05) is 7.05 Å². The van der Waals surface area contributed by atoms with E-state index in [4.69, 9.17) is 0 Å². The van der Waals surface area contributed by atoms with Gasteiger partial charge in [0.15, 0.2) is 0 Å². The predicted molar refractivity (Wildman–Crippen MR) is 77.7 cm³/mol. The molecule has 0 spiro atoms. The van der Waals surface area contributed by atoms with E-state index in [1.807, 2.05) is 12.3 Å². The van der Waals surface area contributed by atoms with Crippen LogP contribution in [-0.2, 0) is 11.3 Å². The number of hydrogen-bond donors (Lipinski definition) is 2. The van der Waals surface area contributed by atoms with Crippen LogP contribution in [0.1, 0.15) is 31.5 Å². The Labute approximate surface area is 122 Å². The van der Waals surface area contributed by atoms with Crippen LogP contribution < -0.4 is 5.32 Å². The minimum Gasteiger partial charge on any atom is -0.480 e. The Morgan fingerprint density at radius 1 is 1.50 bits per heavy atom. The molecule has 0 aliphatic heterocycles. The molecule has 0 aromatic carbocycles. The number of aromatic nitrogens is 1. The number of carbonyl (C=O) groups is 2. The first-order chi connectivity index (χ1) is 9.11. The third kappa shape index (κ3) is 4.48. The van der Waals surface area contributed by atoms with Crippen LogP contribution in [0.25, 0.3) is 0 Å². The van der Waals surface area contributed by atoms with E-state index in [-0.39, 0.29) is 0 Å². The molecule has 0 saturated carbocycles. The number of aliphatic carboxylic acids is 1. The molecule has 0 unspecified atom stereocenters. The van der Waals surface area contributed by atoms with Crippen LogP contribution in [0, 0.1) is 12.3 Å². The summed E-state index contributed by atoms with van der Waals surface area (Å²) in [7, 11) is 1.62. The summed E-state index contributed by atoms with van der Waals surface area (Å²) in [4.78, 5) is 29.0. The number of thiazole rings is 1. The van der Waals surface area contributed by atoms with Crippen LogP contribution in [0.4, 0.5) is 4.79 Å².